The van der Waals surface area contributed by atoms with E-state index in [-0.39, 0.29) is 5.25 Å². The molecule has 1 aliphatic carbocycles. The second-order valence-electron chi connectivity index (χ2n) is 4.99. The molecule has 1 aliphatic rings. The highest BCUT2D eigenvalue weighted by Crippen LogP contribution is 2.32. The second kappa shape index (κ2) is 4.31. The maximum absolute atomic E-state index is 14.2. The van der Waals surface area contributed by atoms with E-state index in [0.717, 1.165) is 4.09 Å². The molecule has 0 radical (unpaired) electrons. The molecule has 7 heteroatoms. The first-order valence-electron chi connectivity index (χ1n) is 6.25. The fourth-order valence-corrected chi connectivity index (χ4v) is 3.50. The van der Waals surface area contributed by atoms with E-state index >= 15 is 0 Å². The summed E-state index contributed by atoms with van der Waals surface area (Å²) in [6, 6.07) is 3.13. The van der Waals surface area contributed by atoms with Gasteiger partial charge in [-0.2, -0.15) is 9.19 Å². The summed E-state index contributed by atoms with van der Waals surface area (Å²) in [7, 11) is -3.43. The number of rotatable bonds is 3. The first kappa shape index (κ1) is 13.1. The number of aromatic nitrogens is 2. The molecule has 0 atom stereocenters. The zero-order valence-corrected chi connectivity index (χ0v) is 11.7. The number of nitrogens with zero attached hydrogens (tertiary/aromatic N) is 2. The van der Waals surface area contributed by atoms with E-state index in [1.807, 2.05) is 0 Å². The van der Waals surface area contributed by atoms with E-state index in [2.05, 4.69) is 5.10 Å². The minimum Gasteiger partial charge on any atom is -0.398 e. The van der Waals surface area contributed by atoms with Gasteiger partial charge in [0.05, 0.1) is 17.6 Å². The van der Waals surface area contributed by atoms with Crippen LogP contribution in [0.1, 0.15) is 18.4 Å². The Hall–Kier alpha value is -1.89. The van der Waals surface area contributed by atoms with Crippen LogP contribution in [-0.4, -0.2) is 22.9 Å². The molecule has 3 rings (SSSR count). The molecular formula is C13H14FN3O2S. The van der Waals surface area contributed by atoms with Gasteiger partial charge in [0.2, 0.25) is 0 Å². The Kier molecular flexibility index (Phi) is 2.82. The van der Waals surface area contributed by atoms with Gasteiger partial charge < -0.3 is 5.73 Å². The first-order valence-corrected chi connectivity index (χ1v) is 7.75. The Balaban J connectivity index is 2.05. The van der Waals surface area contributed by atoms with Gasteiger partial charge in [0.1, 0.15) is 5.82 Å². The van der Waals surface area contributed by atoms with Crippen molar-refractivity contribution in [1.82, 2.24) is 9.19 Å². The van der Waals surface area contributed by atoms with Gasteiger partial charge in [-0.15, -0.1) is 0 Å². The Morgan fingerprint density at radius 1 is 1.40 bits per heavy atom. The zero-order chi connectivity index (χ0) is 14.5. The van der Waals surface area contributed by atoms with E-state index < -0.39 is 15.8 Å². The van der Waals surface area contributed by atoms with Crippen molar-refractivity contribution in [2.24, 2.45) is 0 Å². The maximum Gasteiger partial charge on any atom is 0.256 e. The second-order valence-corrected chi connectivity index (χ2v) is 7.06. The molecule has 1 fully saturated rings. The average molecular weight is 295 g/mol. The van der Waals surface area contributed by atoms with Gasteiger partial charge in [0, 0.05) is 22.4 Å². The zero-order valence-electron chi connectivity index (χ0n) is 10.9. The number of nitrogen functional groups attached to an aromatic ring is 1. The molecule has 2 N–H and O–H groups in total. The van der Waals surface area contributed by atoms with Crippen molar-refractivity contribution in [1.29, 1.82) is 0 Å². The molecular weight excluding hydrogens is 281 g/mol. The lowest BCUT2D eigenvalue weighted by molar-refractivity contribution is 0.578. The number of hydrogen-bond acceptors (Lipinski definition) is 4. The molecule has 2 aromatic rings. The molecule has 20 heavy (non-hydrogen) atoms. The molecule has 0 saturated heterocycles. The topological polar surface area (TPSA) is 78.0 Å². The van der Waals surface area contributed by atoms with E-state index in [1.165, 1.54) is 18.5 Å². The van der Waals surface area contributed by atoms with Crippen LogP contribution >= 0.6 is 0 Å². The summed E-state index contributed by atoms with van der Waals surface area (Å²) in [4.78, 5) is 0. The minimum atomic E-state index is -3.43. The van der Waals surface area contributed by atoms with E-state index in [4.69, 9.17) is 5.73 Å². The maximum atomic E-state index is 14.2. The standard InChI is InChI=1S/C13H14FN3O2S/c1-8-12(15)5-4-11(13(8)14)9-6-16-17(7-9)20(18,19)10-2-3-10/h4-7,10H,2-3,15H2,1H3. The Morgan fingerprint density at radius 3 is 2.75 bits per heavy atom. The monoisotopic (exact) mass is 295 g/mol. The molecule has 0 unspecified atom stereocenters. The summed E-state index contributed by atoms with van der Waals surface area (Å²) < 4.78 is 39.2. The predicted octanol–water partition coefficient (Wildman–Crippen LogP) is 1.92. The van der Waals surface area contributed by atoms with Crippen LogP contribution in [0.15, 0.2) is 24.5 Å². The van der Waals surface area contributed by atoms with Crippen LogP contribution in [-0.2, 0) is 10.0 Å². The lowest BCUT2D eigenvalue weighted by atomic mass is 10.0. The van der Waals surface area contributed by atoms with E-state index in [1.54, 1.807) is 13.0 Å². The number of hydrogen-bond donors (Lipinski definition) is 1. The van der Waals surface area contributed by atoms with Crippen LogP contribution in [0.3, 0.4) is 0 Å². The SMILES string of the molecule is Cc1c(N)ccc(-c2cnn(S(=O)(=O)C3CC3)c2)c1F. The van der Waals surface area contributed by atoms with Crippen LogP contribution in [0.2, 0.25) is 0 Å². The normalized spacial score (nSPS) is 15.5. The predicted molar refractivity (Wildman–Crippen MR) is 74.1 cm³/mol. The van der Waals surface area contributed by atoms with Crippen LogP contribution in [0.5, 0.6) is 0 Å². The quantitative estimate of drug-likeness (QED) is 0.878. The summed E-state index contributed by atoms with van der Waals surface area (Å²) in [6.07, 6.45) is 4.02. The fraction of sp³-hybridized carbons (Fsp3) is 0.308. The summed E-state index contributed by atoms with van der Waals surface area (Å²) in [5.74, 6) is -0.451. The number of halogens is 1. The third kappa shape index (κ3) is 1.98. The van der Waals surface area contributed by atoms with Gasteiger partial charge in [0.25, 0.3) is 10.0 Å². The summed E-state index contributed by atoms with van der Waals surface area (Å²) in [5.41, 5.74) is 7.07. The minimum absolute atomic E-state index is 0.300. The highest BCUT2D eigenvalue weighted by Gasteiger charge is 2.37. The molecule has 1 aromatic carbocycles. The Morgan fingerprint density at radius 2 is 2.10 bits per heavy atom. The van der Waals surface area contributed by atoms with Crippen molar-refractivity contribution < 1.29 is 12.8 Å². The van der Waals surface area contributed by atoms with Gasteiger partial charge in [0.15, 0.2) is 0 Å². The van der Waals surface area contributed by atoms with Crippen molar-refractivity contribution >= 4 is 15.7 Å². The van der Waals surface area contributed by atoms with Gasteiger partial charge in [-0.05, 0) is 31.9 Å². The highest BCUT2D eigenvalue weighted by atomic mass is 32.2. The molecule has 0 aliphatic heterocycles. The molecule has 0 spiro atoms. The van der Waals surface area contributed by atoms with E-state index in [9.17, 15) is 12.8 Å². The van der Waals surface area contributed by atoms with Gasteiger partial charge >= 0.3 is 0 Å². The fourth-order valence-electron chi connectivity index (χ4n) is 2.02. The van der Waals surface area contributed by atoms with Crippen molar-refractivity contribution in [3.63, 3.8) is 0 Å². The van der Waals surface area contributed by atoms with Crippen molar-refractivity contribution in [3.05, 3.63) is 35.9 Å². The van der Waals surface area contributed by atoms with E-state index in [0.29, 0.717) is 35.2 Å². The number of anilines is 1. The summed E-state index contributed by atoms with van der Waals surface area (Å²) in [5, 5.41) is 3.50. The Labute approximate surface area is 116 Å². The highest BCUT2D eigenvalue weighted by molar-refractivity contribution is 7.90. The van der Waals surface area contributed by atoms with Crippen LogP contribution in [0.4, 0.5) is 10.1 Å². The smallest absolute Gasteiger partial charge is 0.256 e. The summed E-state index contributed by atoms with van der Waals surface area (Å²) >= 11 is 0. The van der Waals surface area contributed by atoms with Gasteiger partial charge in [-0.3, -0.25) is 0 Å². The van der Waals surface area contributed by atoms with Crippen LogP contribution in [0.25, 0.3) is 11.1 Å². The van der Waals surface area contributed by atoms with Crippen molar-refractivity contribution in [2.75, 3.05) is 5.73 Å². The molecule has 1 saturated carbocycles. The lowest BCUT2D eigenvalue weighted by Gasteiger charge is -2.06. The summed E-state index contributed by atoms with van der Waals surface area (Å²) in [6.45, 7) is 1.58. The number of nitrogens with two attached hydrogens (primary N) is 1. The largest absolute Gasteiger partial charge is 0.398 e. The lowest BCUT2D eigenvalue weighted by Crippen LogP contribution is -2.17. The van der Waals surface area contributed by atoms with Crippen LogP contribution < -0.4 is 5.73 Å². The Bertz CT molecular complexity index is 779. The molecule has 106 valence electrons. The molecule has 1 aromatic heterocycles. The third-order valence-corrected chi connectivity index (χ3v) is 5.54. The van der Waals surface area contributed by atoms with Gasteiger partial charge in [-0.1, -0.05) is 0 Å². The first-order chi connectivity index (χ1) is 9.41. The molecule has 1 heterocycles. The average Bonchev–Trinajstić information content (AvgIpc) is 3.15. The molecule has 0 amide bonds. The third-order valence-electron chi connectivity index (χ3n) is 3.51. The van der Waals surface area contributed by atoms with Crippen molar-refractivity contribution in [3.8, 4) is 11.1 Å². The van der Waals surface area contributed by atoms with Crippen molar-refractivity contribution in [2.45, 2.75) is 25.0 Å². The molecule has 0 bridgehead atoms. The van der Waals surface area contributed by atoms with Crippen LogP contribution in [0, 0.1) is 12.7 Å². The number of benzene rings is 1. The van der Waals surface area contributed by atoms with Gasteiger partial charge in [-0.25, -0.2) is 12.8 Å². The molecule has 5 nitrogen and oxygen atoms in total.